The first-order valence-electron chi connectivity index (χ1n) is 5.95. The first-order valence-corrected chi connectivity index (χ1v) is 6.33. The van der Waals surface area contributed by atoms with Crippen LogP contribution in [0.25, 0.3) is 0 Å². The first-order chi connectivity index (χ1) is 9.04. The molecule has 0 saturated heterocycles. The molecule has 0 unspecified atom stereocenters. The van der Waals surface area contributed by atoms with Crippen molar-refractivity contribution < 1.29 is 4.79 Å². The van der Waals surface area contributed by atoms with Crippen LogP contribution in [0.4, 0.5) is 0 Å². The van der Waals surface area contributed by atoms with E-state index in [-0.39, 0.29) is 5.91 Å². The summed E-state index contributed by atoms with van der Waals surface area (Å²) in [7, 11) is 3.62. The molecule has 19 heavy (non-hydrogen) atoms. The van der Waals surface area contributed by atoms with Gasteiger partial charge in [0.25, 0.3) is 0 Å². The van der Waals surface area contributed by atoms with Crippen molar-refractivity contribution in [1.29, 1.82) is 0 Å². The molecule has 0 aliphatic rings. The van der Waals surface area contributed by atoms with Crippen molar-refractivity contribution in [2.75, 3.05) is 7.05 Å². The summed E-state index contributed by atoms with van der Waals surface area (Å²) < 4.78 is 3.38. The number of amides is 1. The third kappa shape index (κ3) is 3.82. The van der Waals surface area contributed by atoms with Gasteiger partial charge in [-0.3, -0.25) is 14.2 Å². The lowest BCUT2D eigenvalue weighted by molar-refractivity contribution is -0.130. The molecule has 0 saturated carbocycles. The lowest BCUT2D eigenvalue weighted by Gasteiger charge is -2.15. The lowest BCUT2D eigenvalue weighted by Crippen LogP contribution is -2.27. The van der Waals surface area contributed by atoms with E-state index in [1.807, 2.05) is 19.3 Å². The van der Waals surface area contributed by atoms with Gasteiger partial charge in [0.15, 0.2) is 0 Å². The molecule has 0 aromatic carbocycles. The highest BCUT2D eigenvalue weighted by molar-refractivity contribution is 6.30. The van der Waals surface area contributed by atoms with Gasteiger partial charge < -0.3 is 4.90 Å². The average Bonchev–Trinajstić information content (AvgIpc) is 2.95. The van der Waals surface area contributed by atoms with Crippen LogP contribution in [-0.4, -0.2) is 37.4 Å². The predicted molar refractivity (Wildman–Crippen MR) is 71.5 cm³/mol. The number of aromatic nitrogens is 4. The van der Waals surface area contributed by atoms with Gasteiger partial charge in [0.2, 0.25) is 5.91 Å². The van der Waals surface area contributed by atoms with Crippen molar-refractivity contribution in [3.63, 3.8) is 0 Å². The molecular weight excluding hydrogens is 266 g/mol. The van der Waals surface area contributed by atoms with Crippen molar-refractivity contribution in [2.45, 2.75) is 19.5 Å². The molecule has 7 heteroatoms. The second kappa shape index (κ2) is 5.88. The summed E-state index contributed by atoms with van der Waals surface area (Å²) in [5.41, 5.74) is 0.875. The molecule has 1 amide bonds. The van der Waals surface area contributed by atoms with E-state index in [4.69, 9.17) is 11.6 Å². The summed E-state index contributed by atoms with van der Waals surface area (Å²) in [6.07, 6.45) is 5.51. The molecule has 0 atom stereocenters. The van der Waals surface area contributed by atoms with Gasteiger partial charge in [-0.05, 0) is 6.07 Å². The minimum Gasteiger partial charge on any atom is -0.340 e. The standard InChI is InChI=1S/C12H16ClN5O/c1-16(9-11-3-5-17(2)15-11)12(19)4-6-18-8-10(13)7-14-18/h3,5,7-8H,4,6,9H2,1-2H3. The van der Waals surface area contributed by atoms with Gasteiger partial charge in [0.1, 0.15) is 0 Å². The molecule has 0 spiro atoms. The summed E-state index contributed by atoms with van der Waals surface area (Å²) in [5, 5.41) is 8.85. The highest BCUT2D eigenvalue weighted by Crippen LogP contribution is 2.06. The Morgan fingerprint density at radius 2 is 2.32 bits per heavy atom. The highest BCUT2D eigenvalue weighted by atomic mass is 35.5. The molecule has 2 aromatic rings. The van der Waals surface area contributed by atoms with Crippen LogP contribution in [0.1, 0.15) is 12.1 Å². The van der Waals surface area contributed by atoms with E-state index in [1.165, 1.54) is 0 Å². The number of hydrogen-bond acceptors (Lipinski definition) is 3. The van der Waals surface area contributed by atoms with Crippen LogP contribution in [0.15, 0.2) is 24.7 Å². The fourth-order valence-electron chi connectivity index (χ4n) is 1.74. The zero-order valence-electron chi connectivity index (χ0n) is 11.0. The van der Waals surface area contributed by atoms with Crippen LogP contribution >= 0.6 is 11.6 Å². The normalized spacial score (nSPS) is 10.7. The Morgan fingerprint density at radius 3 is 2.89 bits per heavy atom. The maximum Gasteiger partial charge on any atom is 0.224 e. The highest BCUT2D eigenvalue weighted by Gasteiger charge is 2.11. The lowest BCUT2D eigenvalue weighted by atomic mass is 10.3. The zero-order valence-corrected chi connectivity index (χ0v) is 11.7. The first kappa shape index (κ1) is 13.6. The molecule has 2 aromatic heterocycles. The molecule has 0 aliphatic carbocycles. The van der Waals surface area contributed by atoms with Crippen LogP contribution in [-0.2, 0) is 24.9 Å². The monoisotopic (exact) mass is 281 g/mol. The summed E-state index contributed by atoms with van der Waals surface area (Å²) in [4.78, 5) is 13.6. The minimum absolute atomic E-state index is 0.0530. The maximum atomic E-state index is 12.0. The largest absolute Gasteiger partial charge is 0.340 e. The molecule has 0 aliphatic heterocycles. The molecule has 2 heterocycles. The fourth-order valence-corrected chi connectivity index (χ4v) is 1.90. The van der Waals surface area contributed by atoms with Crippen molar-refractivity contribution in [3.05, 3.63) is 35.4 Å². The summed E-state index contributed by atoms with van der Waals surface area (Å²) in [6, 6.07) is 1.90. The van der Waals surface area contributed by atoms with E-state index in [9.17, 15) is 4.79 Å². The van der Waals surface area contributed by atoms with Crippen LogP contribution < -0.4 is 0 Å². The second-order valence-corrected chi connectivity index (χ2v) is 4.84. The van der Waals surface area contributed by atoms with Crippen molar-refractivity contribution >= 4 is 17.5 Å². The van der Waals surface area contributed by atoms with Crippen molar-refractivity contribution in [1.82, 2.24) is 24.5 Å². The summed E-state index contributed by atoms with van der Waals surface area (Å²) in [6.45, 7) is 1.04. The van der Waals surface area contributed by atoms with E-state index < -0.39 is 0 Å². The Kier molecular flexibility index (Phi) is 4.21. The van der Waals surface area contributed by atoms with Crippen LogP contribution in [0.3, 0.4) is 0 Å². The van der Waals surface area contributed by atoms with Crippen molar-refractivity contribution in [3.8, 4) is 0 Å². The third-order valence-electron chi connectivity index (χ3n) is 2.75. The Bertz CT molecular complexity index is 562. The van der Waals surface area contributed by atoms with E-state index in [1.54, 1.807) is 33.7 Å². The molecule has 0 fully saturated rings. The number of carbonyl (C=O) groups is 1. The minimum atomic E-state index is 0.0530. The van der Waals surface area contributed by atoms with Crippen LogP contribution in [0, 0.1) is 0 Å². The number of hydrogen-bond donors (Lipinski definition) is 0. The van der Waals surface area contributed by atoms with E-state index >= 15 is 0 Å². The van der Waals surface area contributed by atoms with E-state index in [0.29, 0.717) is 24.5 Å². The number of halogens is 1. The predicted octanol–water partition coefficient (Wildman–Crippen LogP) is 1.32. The molecule has 102 valence electrons. The molecule has 0 bridgehead atoms. The second-order valence-electron chi connectivity index (χ2n) is 4.40. The summed E-state index contributed by atoms with van der Waals surface area (Å²) >= 11 is 5.76. The van der Waals surface area contributed by atoms with E-state index in [2.05, 4.69) is 10.2 Å². The SMILES string of the molecule is CN(Cc1ccn(C)n1)C(=O)CCn1cc(Cl)cn1. The van der Waals surface area contributed by atoms with Gasteiger partial charge in [-0.2, -0.15) is 10.2 Å². The number of carbonyl (C=O) groups excluding carboxylic acids is 1. The van der Waals surface area contributed by atoms with Gasteiger partial charge >= 0.3 is 0 Å². The van der Waals surface area contributed by atoms with Gasteiger partial charge in [0, 0.05) is 39.5 Å². The average molecular weight is 282 g/mol. The number of aryl methyl sites for hydroxylation is 2. The number of nitrogens with zero attached hydrogens (tertiary/aromatic N) is 5. The fraction of sp³-hybridized carbons (Fsp3) is 0.417. The van der Waals surface area contributed by atoms with Crippen LogP contribution in [0.5, 0.6) is 0 Å². The van der Waals surface area contributed by atoms with Gasteiger partial charge in [-0.1, -0.05) is 11.6 Å². The Hall–Kier alpha value is -1.82. The molecule has 0 radical (unpaired) electrons. The van der Waals surface area contributed by atoms with Gasteiger partial charge in [-0.25, -0.2) is 0 Å². The van der Waals surface area contributed by atoms with E-state index in [0.717, 1.165) is 5.69 Å². The molecular formula is C12H16ClN5O. The smallest absolute Gasteiger partial charge is 0.224 e. The van der Waals surface area contributed by atoms with Crippen molar-refractivity contribution in [2.24, 2.45) is 7.05 Å². The van der Waals surface area contributed by atoms with Crippen LogP contribution in [0.2, 0.25) is 5.02 Å². The molecule has 6 nitrogen and oxygen atoms in total. The topological polar surface area (TPSA) is 56.0 Å². The Labute approximate surface area is 116 Å². The maximum absolute atomic E-state index is 12.0. The van der Waals surface area contributed by atoms with Gasteiger partial charge in [-0.15, -0.1) is 0 Å². The van der Waals surface area contributed by atoms with Gasteiger partial charge in [0.05, 0.1) is 23.5 Å². The number of rotatable bonds is 5. The Balaban J connectivity index is 1.82. The third-order valence-corrected chi connectivity index (χ3v) is 2.95. The zero-order chi connectivity index (χ0) is 13.8. The quantitative estimate of drug-likeness (QED) is 0.830. The summed E-state index contributed by atoms with van der Waals surface area (Å²) in [5.74, 6) is 0.0530. The Morgan fingerprint density at radius 1 is 1.53 bits per heavy atom. The molecule has 2 rings (SSSR count). The molecule has 0 N–H and O–H groups in total.